The maximum atomic E-state index is 5.29. The van der Waals surface area contributed by atoms with Crippen LogP contribution in [0.25, 0.3) is 0 Å². The minimum atomic E-state index is 0.609. The Bertz CT molecular complexity index is 248. The maximum absolute atomic E-state index is 5.29. The fourth-order valence-electron chi connectivity index (χ4n) is 0.931. The molecule has 0 aliphatic carbocycles. The SMILES string of the molecule is CC(C)Sc1cccc(NN)c1. The number of thioether (sulfide) groups is 1. The molecule has 0 unspecified atom stereocenters. The summed E-state index contributed by atoms with van der Waals surface area (Å²) in [5.74, 6) is 5.29. The lowest BCUT2D eigenvalue weighted by Gasteiger charge is -2.06. The first-order chi connectivity index (χ1) is 5.72. The van der Waals surface area contributed by atoms with Crippen molar-refractivity contribution >= 4 is 17.4 Å². The predicted octanol–water partition coefficient (Wildman–Crippen LogP) is 2.47. The number of hydrogen-bond donors (Lipinski definition) is 2. The lowest BCUT2D eigenvalue weighted by molar-refractivity contribution is 1.11. The van der Waals surface area contributed by atoms with Gasteiger partial charge in [0.25, 0.3) is 0 Å². The molecular weight excluding hydrogens is 168 g/mol. The van der Waals surface area contributed by atoms with Gasteiger partial charge in [0.05, 0.1) is 0 Å². The summed E-state index contributed by atoms with van der Waals surface area (Å²) in [7, 11) is 0. The zero-order valence-corrected chi connectivity index (χ0v) is 8.19. The van der Waals surface area contributed by atoms with E-state index in [1.165, 1.54) is 4.90 Å². The monoisotopic (exact) mass is 182 g/mol. The summed E-state index contributed by atoms with van der Waals surface area (Å²) in [6.07, 6.45) is 0. The topological polar surface area (TPSA) is 38.0 Å². The van der Waals surface area contributed by atoms with Crippen molar-refractivity contribution in [1.29, 1.82) is 0 Å². The van der Waals surface area contributed by atoms with Crippen LogP contribution in [0.3, 0.4) is 0 Å². The number of nitrogens with two attached hydrogens (primary N) is 1. The first-order valence-electron chi connectivity index (χ1n) is 3.95. The van der Waals surface area contributed by atoms with Crippen molar-refractivity contribution in [2.45, 2.75) is 24.0 Å². The summed E-state index contributed by atoms with van der Waals surface area (Å²) < 4.78 is 0. The van der Waals surface area contributed by atoms with Crippen molar-refractivity contribution in [3.63, 3.8) is 0 Å². The minimum Gasteiger partial charge on any atom is -0.324 e. The Balaban J connectivity index is 2.72. The van der Waals surface area contributed by atoms with Gasteiger partial charge in [-0.2, -0.15) is 0 Å². The lowest BCUT2D eigenvalue weighted by Crippen LogP contribution is -2.06. The van der Waals surface area contributed by atoms with Gasteiger partial charge in [-0.25, -0.2) is 0 Å². The molecule has 3 heteroatoms. The van der Waals surface area contributed by atoms with E-state index in [1.807, 2.05) is 30.0 Å². The predicted molar refractivity (Wildman–Crippen MR) is 55.2 cm³/mol. The van der Waals surface area contributed by atoms with Crippen LogP contribution in [0.4, 0.5) is 5.69 Å². The van der Waals surface area contributed by atoms with Gasteiger partial charge in [0, 0.05) is 15.8 Å². The van der Waals surface area contributed by atoms with Crippen molar-refractivity contribution in [2.24, 2.45) is 5.84 Å². The van der Waals surface area contributed by atoms with Crippen molar-refractivity contribution < 1.29 is 0 Å². The maximum Gasteiger partial charge on any atom is 0.0496 e. The van der Waals surface area contributed by atoms with Crippen LogP contribution in [0.5, 0.6) is 0 Å². The summed E-state index contributed by atoms with van der Waals surface area (Å²) in [5.41, 5.74) is 3.59. The smallest absolute Gasteiger partial charge is 0.0496 e. The molecule has 12 heavy (non-hydrogen) atoms. The van der Waals surface area contributed by atoms with Crippen LogP contribution in [0.2, 0.25) is 0 Å². The fraction of sp³-hybridized carbons (Fsp3) is 0.333. The second-order valence-corrected chi connectivity index (χ2v) is 4.49. The molecule has 0 heterocycles. The molecule has 0 bridgehead atoms. The summed E-state index contributed by atoms with van der Waals surface area (Å²) in [4.78, 5) is 1.25. The third-order valence-corrected chi connectivity index (χ3v) is 2.37. The molecule has 3 N–H and O–H groups in total. The quantitative estimate of drug-likeness (QED) is 0.428. The molecule has 0 saturated heterocycles. The Kier molecular flexibility index (Phi) is 3.44. The van der Waals surface area contributed by atoms with E-state index in [0.717, 1.165) is 5.69 Å². The van der Waals surface area contributed by atoms with Gasteiger partial charge in [0.2, 0.25) is 0 Å². The second-order valence-electron chi connectivity index (χ2n) is 2.84. The van der Waals surface area contributed by atoms with Crippen molar-refractivity contribution in [3.05, 3.63) is 24.3 Å². The van der Waals surface area contributed by atoms with Crippen molar-refractivity contribution in [2.75, 3.05) is 5.43 Å². The van der Waals surface area contributed by atoms with Gasteiger partial charge in [-0.1, -0.05) is 19.9 Å². The molecule has 0 aliphatic rings. The molecule has 0 radical (unpaired) electrons. The molecule has 0 aromatic heterocycles. The highest BCUT2D eigenvalue weighted by molar-refractivity contribution is 7.99. The average Bonchev–Trinajstić information content (AvgIpc) is 2.03. The third-order valence-electron chi connectivity index (χ3n) is 1.37. The molecule has 2 nitrogen and oxygen atoms in total. The molecule has 0 atom stereocenters. The molecule has 1 rings (SSSR count). The number of benzene rings is 1. The van der Waals surface area contributed by atoms with Crippen LogP contribution in [0.15, 0.2) is 29.2 Å². The van der Waals surface area contributed by atoms with Gasteiger partial charge in [0.15, 0.2) is 0 Å². The summed E-state index contributed by atoms with van der Waals surface area (Å²) in [6.45, 7) is 4.35. The fourth-order valence-corrected chi connectivity index (χ4v) is 1.83. The van der Waals surface area contributed by atoms with Gasteiger partial charge in [-0.15, -0.1) is 11.8 Å². The van der Waals surface area contributed by atoms with E-state index < -0.39 is 0 Å². The van der Waals surface area contributed by atoms with E-state index in [1.54, 1.807) is 0 Å². The van der Waals surface area contributed by atoms with Crippen molar-refractivity contribution in [1.82, 2.24) is 0 Å². The van der Waals surface area contributed by atoms with Crippen LogP contribution in [0, 0.1) is 0 Å². The van der Waals surface area contributed by atoms with Crippen LogP contribution < -0.4 is 11.3 Å². The average molecular weight is 182 g/mol. The first-order valence-corrected chi connectivity index (χ1v) is 4.83. The van der Waals surface area contributed by atoms with Gasteiger partial charge in [-0.05, 0) is 18.2 Å². The lowest BCUT2D eigenvalue weighted by atomic mass is 10.3. The third kappa shape index (κ3) is 2.75. The highest BCUT2D eigenvalue weighted by atomic mass is 32.2. The van der Waals surface area contributed by atoms with Crippen LogP contribution >= 0.6 is 11.8 Å². The van der Waals surface area contributed by atoms with Gasteiger partial charge >= 0.3 is 0 Å². The molecule has 0 spiro atoms. The van der Waals surface area contributed by atoms with Crippen LogP contribution in [-0.4, -0.2) is 5.25 Å². The zero-order valence-electron chi connectivity index (χ0n) is 7.37. The highest BCUT2D eigenvalue weighted by Gasteiger charge is 1.98. The standard InChI is InChI=1S/C9H14N2S/c1-7(2)12-9-5-3-4-8(6-9)11-10/h3-7,11H,10H2,1-2H3. The van der Waals surface area contributed by atoms with Crippen molar-refractivity contribution in [3.8, 4) is 0 Å². The minimum absolute atomic E-state index is 0.609. The summed E-state index contributed by atoms with van der Waals surface area (Å²) in [6, 6.07) is 8.08. The number of nitrogens with one attached hydrogen (secondary N) is 1. The van der Waals surface area contributed by atoms with E-state index in [0.29, 0.717) is 5.25 Å². The molecule has 0 saturated carbocycles. The molecular formula is C9H14N2S. The number of nitrogen functional groups attached to an aromatic ring is 1. The molecule has 1 aromatic rings. The normalized spacial score (nSPS) is 10.3. The van der Waals surface area contributed by atoms with Gasteiger partial charge < -0.3 is 5.43 Å². The van der Waals surface area contributed by atoms with Crippen LogP contribution in [-0.2, 0) is 0 Å². The molecule has 0 fully saturated rings. The molecule has 1 aromatic carbocycles. The number of rotatable bonds is 3. The van der Waals surface area contributed by atoms with Gasteiger partial charge in [0.1, 0.15) is 0 Å². The zero-order chi connectivity index (χ0) is 8.97. The number of hydrogen-bond acceptors (Lipinski definition) is 3. The second kappa shape index (κ2) is 4.38. The summed E-state index contributed by atoms with van der Waals surface area (Å²) >= 11 is 1.83. The summed E-state index contributed by atoms with van der Waals surface area (Å²) in [5, 5.41) is 0.609. The van der Waals surface area contributed by atoms with E-state index in [9.17, 15) is 0 Å². The Hall–Kier alpha value is -0.670. The number of anilines is 1. The molecule has 66 valence electrons. The van der Waals surface area contributed by atoms with E-state index >= 15 is 0 Å². The van der Waals surface area contributed by atoms with E-state index in [2.05, 4.69) is 25.3 Å². The largest absolute Gasteiger partial charge is 0.324 e. The van der Waals surface area contributed by atoms with E-state index in [4.69, 9.17) is 5.84 Å². The number of hydrazine groups is 1. The Morgan fingerprint density at radius 1 is 1.42 bits per heavy atom. The highest BCUT2D eigenvalue weighted by Crippen LogP contribution is 2.24. The van der Waals surface area contributed by atoms with Crippen LogP contribution in [0.1, 0.15) is 13.8 Å². The first kappa shape index (κ1) is 9.42. The Morgan fingerprint density at radius 2 is 2.17 bits per heavy atom. The van der Waals surface area contributed by atoms with E-state index in [-0.39, 0.29) is 0 Å². The Morgan fingerprint density at radius 3 is 2.75 bits per heavy atom. The molecule has 0 aliphatic heterocycles. The Labute approximate surface area is 77.5 Å². The molecule has 0 amide bonds. The van der Waals surface area contributed by atoms with Gasteiger partial charge in [-0.3, -0.25) is 5.84 Å².